The van der Waals surface area contributed by atoms with Crippen LogP contribution < -0.4 is 11.1 Å². The number of hydrogen-bond acceptors (Lipinski definition) is 3. The highest BCUT2D eigenvalue weighted by Gasteiger charge is 2.35. The van der Waals surface area contributed by atoms with Crippen LogP contribution in [0, 0.1) is 0 Å². The molecule has 0 aliphatic carbocycles. The first-order valence-corrected chi connectivity index (χ1v) is 5.02. The molecule has 0 atom stereocenters. The van der Waals surface area contributed by atoms with E-state index in [4.69, 9.17) is 5.73 Å². The van der Waals surface area contributed by atoms with E-state index in [0.717, 1.165) is 19.2 Å². The average Bonchev–Trinajstić information content (AvgIpc) is 2.26. The van der Waals surface area contributed by atoms with Crippen molar-refractivity contribution in [3.05, 3.63) is 29.3 Å². The monoisotopic (exact) mass is 278 g/mol. The number of methoxy groups -OCH3 is 1. The molecular weight excluding hydrogens is 269 g/mol. The van der Waals surface area contributed by atoms with Crippen LogP contribution >= 0.6 is 12.2 Å². The van der Waals surface area contributed by atoms with Gasteiger partial charge in [-0.1, -0.05) is 0 Å². The summed E-state index contributed by atoms with van der Waals surface area (Å²) in [5.74, 6) is -1.07. The molecule has 98 valence electrons. The van der Waals surface area contributed by atoms with E-state index in [9.17, 15) is 18.0 Å². The minimum atomic E-state index is -4.68. The van der Waals surface area contributed by atoms with Gasteiger partial charge in [-0.25, -0.2) is 4.79 Å². The standard InChI is InChI=1S/C10H9F3N2O2S/c1-17-8(16)6-3-2-5(15-9(14)18)4-7(6)10(11,12)13/h2-4H,1H3,(H3,14,15,18). The maximum atomic E-state index is 12.8. The predicted octanol–water partition coefficient (Wildman–Crippen LogP) is 2.15. The number of nitrogens with two attached hydrogens (primary N) is 1. The largest absolute Gasteiger partial charge is 0.465 e. The Balaban J connectivity index is 3.29. The molecule has 0 spiro atoms. The topological polar surface area (TPSA) is 64.3 Å². The summed E-state index contributed by atoms with van der Waals surface area (Å²) in [4.78, 5) is 11.2. The summed E-state index contributed by atoms with van der Waals surface area (Å²) in [7, 11) is 1.00. The van der Waals surface area contributed by atoms with Crippen molar-refractivity contribution in [2.75, 3.05) is 12.4 Å². The van der Waals surface area contributed by atoms with Crippen LogP contribution in [0.4, 0.5) is 18.9 Å². The van der Waals surface area contributed by atoms with Crippen molar-refractivity contribution < 1.29 is 22.7 Å². The Kier molecular flexibility index (Phi) is 4.12. The van der Waals surface area contributed by atoms with Gasteiger partial charge in [-0.3, -0.25) is 0 Å². The number of hydrogen-bond donors (Lipinski definition) is 2. The van der Waals surface area contributed by atoms with Crippen molar-refractivity contribution in [2.45, 2.75) is 6.18 Å². The quantitative estimate of drug-likeness (QED) is 0.641. The zero-order valence-electron chi connectivity index (χ0n) is 9.17. The van der Waals surface area contributed by atoms with E-state index in [0.29, 0.717) is 0 Å². The van der Waals surface area contributed by atoms with Gasteiger partial charge in [0.1, 0.15) is 0 Å². The molecule has 0 aliphatic heterocycles. The number of esters is 1. The predicted molar refractivity (Wildman–Crippen MR) is 63.2 cm³/mol. The minimum absolute atomic E-state index is 0.0440. The summed E-state index contributed by atoms with van der Waals surface area (Å²) in [6, 6.07) is 2.99. The number of anilines is 1. The van der Waals surface area contributed by atoms with E-state index < -0.39 is 23.3 Å². The summed E-state index contributed by atoms with van der Waals surface area (Å²) < 4.78 is 42.6. The molecule has 0 unspecified atom stereocenters. The summed E-state index contributed by atoms with van der Waals surface area (Å²) >= 11 is 4.52. The lowest BCUT2D eigenvalue weighted by Crippen LogP contribution is -2.20. The second kappa shape index (κ2) is 5.21. The van der Waals surface area contributed by atoms with Crippen LogP contribution in [0.5, 0.6) is 0 Å². The maximum Gasteiger partial charge on any atom is 0.417 e. The van der Waals surface area contributed by atoms with Gasteiger partial charge in [0.2, 0.25) is 0 Å². The van der Waals surface area contributed by atoms with Gasteiger partial charge in [-0.2, -0.15) is 13.2 Å². The van der Waals surface area contributed by atoms with E-state index in [2.05, 4.69) is 22.3 Å². The molecule has 18 heavy (non-hydrogen) atoms. The Hall–Kier alpha value is -1.83. The average molecular weight is 278 g/mol. The lowest BCUT2D eigenvalue weighted by molar-refractivity contribution is -0.138. The van der Waals surface area contributed by atoms with Gasteiger partial charge in [0, 0.05) is 5.69 Å². The van der Waals surface area contributed by atoms with Crippen molar-refractivity contribution in [3.63, 3.8) is 0 Å². The summed E-state index contributed by atoms with van der Waals surface area (Å²) in [5.41, 5.74) is 3.51. The molecule has 0 fully saturated rings. The molecule has 0 radical (unpaired) electrons. The van der Waals surface area contributed by atoms with Gasteiger partial charge in [-0.15, -0.1) is 0 Å². The number of carbonyl (C=O) groups excluding carboxylic acids is 1. The number of halogens is 3. The molecule has 0 amide bonds. The van der Waals surface area contributed by atoms with Crippen molar-refractivity contribution in [1.82, 2.24) is 0 Å². The van der Waals surface area contributed by atoms with Crippen molar-refractivity contribution in [1.29, 1.82) is 0 Å². The smallest absolute Gasteiger partial charge is 0.417 e. The third-order valence-corrected chi connectivity index (χ3v) is 2.10. The van der Waals surface area contributed by atoms with Crippen molar-refractivity contribution >= 4 is 29.0 Å². The van der Waals surface area contributed by atoms with Gasteiger partial charge in [0.05, 0.1) is 18.2 Å². The molecule has 8 heteroatoms. The van der Waals surface area contributed by atoms with Crippen LogP contribution in [0.1, 0.15) is 15.9 Å². The molecule has 0 bridgehead atoms. The Morgan fingerprint density at radius 3 is 2.50 bits per heavy atom. The molecule has 0 aliphatic rings. The second-order valence-electron chi connectivity index (χ2n) is 3.24. The molecule has 1 aromatic rings. The summed E-state index contributed by atoms with van der Waals surface area (Å²) in [6.45, 7) is 0. The Morgan fingerprint density at radius 1 is 1.44 bits per heavy atom. The van der Waals surface area contributed by atoms with E-state index in [1.165, 1.54) is 6.07 Å². The minimum Gasteiger partial charge on any atom is -0.465 e. The fourth-order valence-electron chi connectivity index (χ4n) is 1.29. The number of rotatable bonds is 2. The van der Waals surface area contributed by atoms with E-state index >= 15 is 0 Å². The lowest BCUT2D eigenvalue weighted by Gasteiger charge is -2.13. The van der Waals surface area contributed by atoms with Gasteiger partial charge >= 0.3 is 12.1 Å². The normalized spacial score (nSPS) is 10.9. The molecule has 0 saturated heterocycles. The highest BCUT2D eigenvalue weighted by Crippen LogP contribution is 2.34. The highest BCUT2D eigenvalue weighted by molar-refractivity contribution is 7.80. The second-order valence-corrected chi connectivity index (χ2v) is 3.68. The first-order valence-electron chi connectivity index (χ1n) is 4.61. The SMILES string of the molecule is COC(=O)c1ccc(NC(N)=S)cc1C(F)(F)F. The Bertz CT molecular complexity index is 489. The highest BCUT2D eigenvalue weighted by atomic mass is 32.1. The number of nitrogens with one attached hydrogen (secondary N) is 1. The Labute approximate surface area is 106 Å². The number of carbonyl (C=O) groups is 1. The number of ether oxygens (including phenoxy) is 1. The zero-order valence-corrected chi connectivity index (χ0v) is 9.98. The van der Waals surface area contributed by atoms with Gasteiger partial charge in [0.15, 0.2) is 5.11 Å². The molecule has 4 nitrogen and oxygen atoms in total. The fraction of sp³-hybridized carbons (Fsp3) is 0.200. The number of alkyl halides is 3. The zero-order chi connectivity index (χ0) is 13.9. The van der Waals surface area contributed by atoms with E-state index in [1.54, 1.807) is 0 Å². The number of benzene rings is 1. The van der Waals surface area contributed by atoms with Crippen LogP contribution in [0.15, 0.2) is 18.2 Å². The van der Waals surface area contributed by atoms with E-state index in [1.807, 2.05) is 0 Å². The molecule has 1 aromatic carbocycles. The molecule has 0 heterocycles. The molecule has 0 aromatic heterocycles. The third-order valence-electron chi connectivity index (χ3n) is 2.00. The van der Waals surface area contributed by atoms with Crippen molar-refractivity contribution in [2.24, 2.45) is 5.73 Å². The van der Waals surface area contributed by atoms with Crippen LogP contribution in [-0.4, -0.2) is 18.2 Å². The number of thiocarbonyl (C=S) groups is 1. The molecular formula is C10H9F3N2O2S. The first-order chi connectivity index (χ1) is 8.25. The van der Waals surface area contributed by atoms with Crippen LogP contribution in [0.2, 0.25) is 0 Å². The fourth-order valence-corrected chi connectivity index (χ4v) is 1.40. The molecule has 3 N–H and O–H groups in total. The molecule has 0 saturated carbocycles. The van der Waals surface area contributed by atoms with Gasteiger partial charge < -0.3 is 15.8 Å². The summed E-state index contributed by atoms with van der Waals surface area (Å²) in [6.07, 6.45) is -4.68. The van der Waals surface area contributed by atoms with Crippen LogP contribution in [0.25, 0.3) is 0 Å². The maximum absolute atomic E-state index is 12.8. The first kappa shape index (κ1) is 14.2. The van der Waals surface area contributed by atoms with Gasteiger partial charge in [-0.05, 0) is 30.4 Å². The summed E-state index contributed by atoms with van der Waals surface area (Å²) in [5, 5.41) is 2.19. The molecule has 1 rings (SSSR count). The van der Waals surface area contributed by atoms with Crippen molar-refractivity contribution in [3.8, 4) is 0 Å². The lowest BCUT2D eigenvalue weighted by atomic mass is 10.1. The van der Waals surface area contributed by atoms with E-state index in [-0.39, 0.29) is 10.8 Å². The van der Waals surface area contributed by atoms with Gasteiger partial charge in [0.25, 0.3) is 0 Å². The Morgan fingerprint density at radius 2 is 2.06 bits per heavy atom. The third kappa shape index (κ3) is 3.33. The van der Waals surface area contributed by atoms with Crippen LogP contribution in [-0.2, 0) is 10.9 Å². The van der Waals surface area contributed by atoms with Crippen LogP contribution in [0.3, 0.4) is 0 Å².